The third-order valence-corrected chi connectivity index (χ3v) is 3.05. The highest BCUT2D eigenvalue weighted by Crippen LogP contribution is 2.35. The Bertz CT molecular complexity index is 361. The van der Waals surface area contributed by atoms with E-state index in [1.54, 1.807) is 6.20 Å². The SMILES string of the molecule is c1cncc(C2=NO[C@@H]3CCC[C@H]23)c1. The maximum absolute atomic E-state index is 5.40. The minimum Gasteiger partial charge on any atom is -0.392 e. The van der Waals surface area contributed by atoms with Crippen molar-refractivity contribution < 1.29 is 4.84 Å². The second-order valence-electron chi connectivity index (χ2n) is 3.90. The predicted molar refractivity (Wildman–Crippen MR) is 53.0 cm³/mol. The molecule has 3 nitrogen and oxygen atoms in total. The normalized spacial score (nSPS) is 29.6. The Kier molecular flexibility index (Phi) is 1.76. The maximum atomic E-state index is 5.40. The number of hydrogen-bond donors (Lipinski definition) is 0. The Balaban J connectivity index is 1.93. The molecule has 1 aliphatic heterocycles. The van der Waals surface area contributed by atoms with Crippen molar-refractivity contribution in [3.63, 3.8) is 0 Å². The number of fused-ring (bicyclic) bond motifs is 1. The minimum absolute atomic E-state index is 0.338. The van der Waals surface area contributed by atoms with Gasteiger partial charge in [0.1, 0.15) is 6.10 Å². The standard InChI is InChI=1S/C11H12N2O/c1-4-9-10(5-1)14-13-11(9)8-3-2-6-12-7-8/h2-3,6-7,9-10H,1,4-5H2/t9-,10+/m0/s1. The molecular formula is C11H12N2O. The first kappa shape index (κ1) is 7.97. The third-order valence-electron chi connectivity index (χ3n) is 3.05. The van der Waals surface area contributed by atoms with E-state index in [1.165, 1.54) is 12.8 Å². The van der Waals surface area contributed by atoms with Gasteiger partial charge >= 0.3 is 0 Å². The molecule has 72 valence electrons. The van der Waals surface area contributed by atoms with Gasteiger partial charge in [0.2, 0.25) is 0 Å². The van der Waals surface area contributed by atoms with Crippen LogP contribution in [0.5, 0.6) is 0 Å². The van der Waals surface area contributed by atoms with Crippen molar-refractivity contribution in [1.82, 2.24) is 4.98 Å². The lowest BCUT2D eigenvalue weighted by Gasteiger charge is -2.07. The molecule has 0 amide bonds. The van der Waals surface area contributed by atoms with E-state index >= 15 is 0 Å². The van der Waals surface area contributed by atoms with Crippen LogP contribution in [0, 0.1) is 5.92 Å². The molecule has 0 aromatic carbocycles. The van der Waals surface area contributed by atoms with E-state index < -0.39 is 0 Å². The molecule has 3 rings (SSSR count). The molecule has 0 saturated heterocycles. The summed E-state index contributed by atoms with van der Waals surface area (Å²) in [5, 5.41) is 4.17. The molecule has 0 bridgehead atoms. The second kappa shape index (κ2) is 3.08. The van der Waals surface area contributed by atoms with Crippen molar-refractivity contribution in [2.24, 2.45) is 11.1 Å². The summed E-state index contributed by atoms with van der Waals surface area (Å²) in [5.41, 5.74) is 2.21. The fourth-order valence-corrected chi connectivity index (χ4v) is 2.34. The van der Waals surface area contributed by atoms with Gasteiger partial charge in [-0.3, -0.25) is 4.98 Å². The van der Waals surface area contributed by atoms with E-state index in [9.17, 15) is 0 Å². The summed E-state index contributed by atoms with van der Waals surface area (Å²) in [6.45, 7) is 0. The van der Waals surface area contributed by atoms with E-state index in [0.29, 0.717) is 12.0 Å². The van der Waals surface area contributed by atoms with E-state index in [-0.39, 0.29) is 0 Å². The number of aromatic nitrogens is 1. The van der Waals surface area contributed by atoms with E-state index in [0.717, 1.165) is 17.7 Å². The summed E-state index contributed by atoms with van der Waals surface area (Å²) in [5.74, 6) is 0.513. The van der Waals surface area contributed by atoms with Crippen LogP contribution < -0.4 is 0 Å². The van der Waals surface area contributed by atoms with Crippen LogP contribution in [-0.2, 0) is 4.84 Å². The summed E-state index contributed by atoms with van der Waals surface area (Å²) < 4.78 is 0. The molecule has 1 aliphatic carbocycles. The Morgan fingerprint density at radius 1 is 1.36 bits per heavy atom. The average molecular weight is 188 g/mol. The van der Waals surface area contributed by atoms with Gasteiger partial charge in [0.05, 0.1) is 5.71 Å². The Morgan fingerprint density at radius 3 is 3.21 bits per heavy atom. The summed E-state index contributed by atoms with van der Waals surface area (Å²) in [7, 11) is 0. The molecule has 1 aromatic rings. The fraction of sp³-hybridized carbons (Fsp3) is 0.455. The van der Waals surface area contributed by atoms with Crippen LogP contribution in [-0.4, -0.2) is 16.8 Å². The lowest BCUT2D eigenvalue weighted by atomic mass is 9.96. The molecule has 2 heterocycles. The van der Waals surface area contributed by atoms with Crippen molar-refractivity contribution in [3.05, 3.63) is 30.1 Å². The van der Waals surface area contributed by atoms with Crippen LogP contribution in [0.1, 0.15) is 24.8 Å². The molecule has 2 aliphatic rings. The Labute approximate surface area is 82.8 Å². The molecule has 0 spiro atoms. The molecule has 2 atom stereocenters. The number of nitrogens with zero attached hydrogens (tertiary/aromatic N) is 2. The van der Waals surface area contributed by atoms with Gasteiger partial charge in [-0.1, -0.05) is 5.16 Å². The molecule has 0 N–H and O–H groups in total. The highest BCUT2D eigenvalue weighted by molar-refractivity contribution is 6.02. The van der Waals surface area contributed by atoms with Crippen molar-refractivity contribution in [3.8, 4) is 0 Å². The summed E-state index contributed by atoms with van der Waals surface area (Å²) in [4.78, 5) is 9.51. The van der Waals surface area contributed by atoms with Gasteiger partial charge in [0, 0.05) is 23.9 Å². The summed E-state index contributed by atoms with van der Waals surface area (Å²) >= 11 is 0. The number of rotatable bonds is 1. The van der Waals surface area contributed by atoms with Gasteiger partial charge in [0.25, 0.3) is 0 Å². The van der Waals surface area contributed by atoms with Crippen LogP contribution in [0.2, 0.25) is 0 Å². The largest absolute Gasteiger partial charge is 0.392 e. The first-order valence-electron chi connectivity index (χ1n) is 5.09. The minimum atomic E-state index is 0.338. The molecule has 0 unspecified atom stereocenters. The Morgan fingerprint density at radius 2 is 2.36 bits per heavy atom. The van der Waals surface area contributed by atoms with Gasteiger partial charge in [-0.15, -0.1) is 0 Å². The van der Waals surface area contributed by atoms with Crippen LogP contribution in [0.15, 0.2) is 29.7 Å². The topological polar surface area (TPSA) is 34.5 Å². The highest BCUT2D eigenvalue weighted by Gasteiger charge is 2.38. The molecule has 3 heteroatoms. The van der Waals surface area contributed by atoms with Crippen molar-refractivity contribution >= 4 is 5.71 Å². The van der Waals surface area contributed by atoms with Crippen LogP contribution in [0.25, 0.3) is 0 Å². The third kappa shape index (κ3) is 1.12. The second-order valence-corrected chi connectivity index (χ2v) is 3.90. The average Bonchev–Trinajstić information content (AvgIpc) is 2.79. The summed E-state index contributed by atoms with van der Waals surface area (Å²) in [6, 6.07) is 4.00. The van der Waals surface area contributed by atoms with Crippen molar-refractivity contribution in [2.75, 3.05) is 0 Å². The quantitative estimate of drug-likeness (QED) is 0.675. The van der Waals surface area contributed by atoms with Crippen LogP contribution in [0.3, 0.4) is 0 Å². The first-order chi connectivity index (χ1) is 6.95. The van der Waals surface area contributed by atoms with Gasteiger partial charge < -0.3 is 4.84 Å². The van der Waals surface area contributed by atoms with E-state index in [2.05, 4.69) is 16.2 Å². The summed E-state index contributed by atoms with van der Waals surface area (Å²) in [6.07, 6.45) is 7.60. The van der Waals surface area contributed by atoms with Crippen LogP contribution in [0.4, 0.5) is 0 Å². The van der Waals surface area contributed by atoms with Gasteiger partial charge in [-0.25, -0.2) is 0 Å². The van der Waals surface area contributed by atoms with Gasteiger partial charge in [-0.2, -0.15) is 0 Å². The highest BCUT2D eigenvalue weighted by atomic mass is 16.6. The first-order valence-corrected chi connectivity index (χ1v) is 5.09. The fourth-order valence-electron chi connectivity index (χ4n) is 2.34. The molecule has 14 heavy (non-hydrogen) atoms. The molecular weight excluding hydrogens is 176 g/mol. The molecule has 1 fully saturated rings. The lowest BCUT2D eigenvalue weighted by molar-refractivity contribution is 0.0746. The monoisotopic (exact) mass is 188 g/mol. The molecule has 0 radical (unpaired) electrons. The lowest BCUT2D eigenvalue weighted by Crippen LogP contribution is -2.17. The number of oxime groups is 1. The number of pyridine rings is 1. The van der Waals surface area contributed by atoms with Crippen LogP contribution >= 0.6 is 0 Å². The molecule has 1 aromatic heterocycles. The molecule has 1 saturated carbocycles. The number of hydrogen-bond acceptors (Lipinski definition) is 3. The van der Waals surface area contributed by atoms with E-state index in [1.807, 2.05) is 12.3 Å². The van der Waals surface area contributed by atoms with Crippen molar-refractivity contribution in [1.29, 1.82) is 0 Å². The smallest absolute Gasteiger partial charge is 0.136 e. The van der Waals surface area contributed by atoms with Gasteiger partial charge in [-0.05, 0) is 31.4 Å². The zero-order valence-electron chi connectivity index (χ0n) is 7.89. The predicted octanol–water partition coefficient (Wildman–Crippen LogP) is 1.98. The maximum Gasteiger partial charge on any atom is 0.136 e. The van der Waals surface area contributed by atoms with E-state index in [4.69, 9.17) is 4.84 Å². The van der Waals surface area contributed by atoms with Crippen molar-refractivity contribution in [2.45, 2.75) is 25.4 Å². The zero-order chi connectivity index (χ0) is 9.38. The Hall–Kier alpha value is -1.38. The zero-order valence-corrected chi connectivity index (χ0v) is 7.89. The van der Waals surface area contributed by atoms with Gasteiger partial charge in [0.15, 0.2) is 0 Å².